The van der Waals surface area contributed by atoms with Crippen molar-refractivity contribution >= 4 is 17.3 Å². The fraction of sp³-hybridized carbons (Fsp3) is 0.100. The molecule has 0 radical (unpaired) electrons. The predicted octanol–water partition coefficient (Wildman–Crippen LogP) is 1.83. The molecule has 1 N–H and O–H groups in total. The number of hydrogen-bond donors (Lipinski definition) is 1. The van der Waals surface area contributed by atoms with Crippen LogP contribution in [0.1, 0.15) is 5.69 Å². The molecule has 15 heavy (non-hydrogen) atoms. The molecule has 0 aliphatic carbocycles. The van der Waals surface area contributed by atoms with Gasteiger partial charge in [0.2, 0.25) is 0 Å². The lowest BCUT2D eigenvalue weighted by Gasteiger charge is -1.92. The highest BCUT2D eigenvalue weighted by Gasteiger charge is 2.07. The zero-order valence-corrected chi connectivity index (χ0v) is 8.57. The number of aromatic nitrogens is 2. The molecule has 0 unspecified atom stereocenters. The summed E-state index contributed by atoms with van der Waals surface area (Å²) in [4.78, 5) is 18.7. The molecule has 0 aliphatic heterocycles. The van der Waals surface area contributed by atoms with Gasteiger partial charge in [0.1, 0.15) is 5.01 Å². The number of pyridine rings is 1. The van der Waals surface area contributed by atoms with Crippen LogP contribution in [0.5, 0.6) is 0 Å². The van der Waals surface area contributed by atoms with Crippen molar-refractivity contribution in [1.29, 1.82) is 0 Å². The molecule has 0 fully saturated rings. The average Bonchev–Trinajstić information content (AvgIpc) is 2.67. The molecule has 0 atom stereocenters. The minimum Gasteiger partial charge on any atom is -0.481 e. The lowest BCUT2D eigenvalue weighted by Crippen LogP contribution is -1.99. The van der Waals surface area contributed by atoms with Crippen molar-refractivity contribution in [3.8, 4) is 10.6 Å². The van der Waals surface area contributed by atoms with Crippen LogP contribution in [0.2, 0.25) is 0 Å². The maximum Gasteiger partial charge on any atom is 0.309 e. The third-order valence-corrected chi connectivity index (χ3v) is 2.73. The van der Waals surface area contributed by atoms with E-state index >= 15 is 0 Å². The topological polar surface area (TPSA) is 63.1 Å². The summed E-state index contributed by atoms with van der Waals surface area (Å²) in [5, 5.41) is 11.2. The minimum atomic E-state index is -0.863. The normalized spacial score (nSPS) is 10.1. The summed E-state index contributed by atoms with van der Waals surface area (Å²) in [6, 6.07) is 3.73. The van der Waals surface area contributed by atoms with Gasteiger partial charge < -0.3 is 5.11 Å². The van der Waals surface area contributed by atoms with Crippen LogP contribution in [-0.4, -0.2) is 21.0 Å². The van der Waals surface area contributed by atoms with Crippen LogP contribution in [0.4, 0.5) is 0 Å². The minimum absolute atomic E-state index is 0.0310. The fourth-order valence-electron chi connectivity index (χ4n) is 1.16. The number of carboxylic acids is 1. The van der Waals surface area contributed by atoms with E-state index in [0.29, 0.717) is 5.69 Å². The maximum absolute atomic E-state index is 10.5. The van der Waals surface area contributed by atoms with Crippen molar-refractivity contribution in [3.63, 3.8) is 0 Å². The standard InChI is InChI=1S/C10H8N2O2S/c13-9(14)4-8-6-15-10(12-8)7-2-1-3-11-5-7/h1-3,5-6H,4H2,(H,13,14). The summed E-state index contributed by atoms with van der Waals surface area (Å²) in [7, 11) is 0. The highest BCUT2D eigenvalue weighted by atomic mass is 32.1. The van der Waals surface area contributed by atoms with Gasteiger partial charge in [0.15, 0.2) is 0 Å². The van der Waals surface area contributed by atoms with E-state index in [9.17, 15) is 4.79 Å². The summed E-state index contributed by atoms with van der Waals surface area (Å²) in [5.74, 6) is -0.863. The van der Waals surface area contributed by atoms with Gasteiger partial charge in [-0.3, -0.25) is 9.78 Å². The van der Waals surface area contributed by atoms with E-state index in [2.05, 4.69) is 9.97 Å². The van der Waals surface area contributed by atoms with Gasteiger partial charge in [-0.25, -0.2) is 4.98 Å². The monoisotopic (exact) mass is 220 g/mol. The Bertz CT molecular complexity index is 467. The second-order valence-electron chi connectivity index (χ2n) is 2.96. The van der Waals surface area contributed by atoms with Gasteiger partial charge >= 0.3 is 5.97 Å². The Labute approximate surface area is 90.3 Å². The summed E-state index contributed by atoms with van der Waals surface area (Å²) < 4.78 is 0. The van der Waals surface area contributed by atoms with Gasteiger partial charge in [-0.2, -0.15) is 0 Å². The first-order valence-electron chi connectivity index (χ1n) is 4.32. The maximum atomic E-state index is 10.5. The van der Waals surface area contributed by atoms with Gasteiger partial charge in [0.05, 0.1) is 12.1 Å². The quantitative estimate of drug-likeness (QED) is 0.857. The van der Waals surface area contributed by atoms with Gasteiger partial charge in [0.25, 0.3) is 0 Å². The van der Waals surface area contributed by atoms with Gasteiger partial charge in [-0.05, 0) is 12.1 Å². The van der Waals surface area contributed by atoms with Crippen LogP contribution < -0.4 is 0 Å². The summed E-state index contributed by atoms with van der Waals surface area (Å²) >= 11 is 1.43. The van der Waals surface area contributed by atoms with Crippen molar-refractivity contribution in [1.82, 2.24) is 9.97 Å². The Balaban J connectivity index is 2.24. The third-order valence-electron chi connectivity index (χ3n) is 1.79. The Hall–Kier alpha value is -1.75. The highest BCUT2D eigenvalue weighted by Crippen LogP contribution is 2.22. The molecular weight excluding hydrogens is 212 g/mol. The molecule has 0 spiro atoms. The van der Waals surface area contributed by atoms with E-state index in [1.54, 1.807) is 17.8 Å². The van der Waals surface area contributed by atoms with E-state index in [1.807, 2.05) is 12.1 Å². The van der Waals surface area contributed by atoms with E-state index in [1.165, 1.54) is 11.3 Å². The predicted molar refractivity (Wildman–Crippen MR) is 56.7 cm³/mol. The Kier molecular flexibility index (Phi) is 2.73. The highest BCUT2D eigenvalue weighted by molar-refractivity contribution is 7.13. The molecule has 0 aliphatic rings. The number of rotatable bonds is 3. The summed E-state index contributed by atoms with van der Waals surface area (Å²) in [5.41, 5.74) is 1.51. The van der Waals surface area contributed by atoms with Crippen LogP contribution in [0.25, 0.3) is 10.6 Å². The van der Waals surface area contributed by atoms with E-state index in [4.69, 9.17) is 5.11 Å². The lowest BCUT2D eigenvalue weighted by molar-refractivity contribution is -0.136. The SMILES string of the molecule is O=C(O)Cc1csc(-c2cccnc2)n1. The van der Waals surface area contributed by atoms with E-state index < -0.39 is 5.97 Å². The Morgan fingerprint density at radius 1 is 1.53 bits per heavy atom. The largest absolute Gasteiger partial charge is 0.481 e. The molecule has 0 saturated heterocycles. The number of hydrogen-bond acceptors (Lipinski definition) is 4. The smallest absolute Gasteiger partial charge is 0.309 e. The number of aliphatic carboxylic acids is 1. The molecule has 4 nitrogen and oxygen atoms in total. The van der Waals surface area contributed by atoms with Crippen LogP contribution in [0.3, 0.4) is 0 Å². The summed E-state index contributed by atoms with van der Waals surface area (Å²) in [6.07, 6.45) is 3.37. The van der Waals surface area contributed by atoms with Crippen molar-refractivity contribution in [3.05, 3.63) is 35.6 Å². The number of carbonyl (C=O) groups is 1. The van der Waals surface area contributed by atoms with Crippen LogP contribution in [0.15, 0.2) is 29.9 Å². The molecular formula is C10H8N2O2S. The Morgan fingerprint density at radius 3 is 3.07 bits per heavy atom. The van der Waals surface area contributed by atoms with Gasteiger partial charge in [0, 0.05) is 23.3 Å². The second-order valence-corrected chi connectivity index (χ2v) is 3.81. The zero-order valence-electron chi connectivity index (χ0n) is 7.75. The molecule has 76 valence electrons. The first-order valence-corrected chi connectivity index (χ1v) is 5.20. The molecule has 0 amide bonds. The van der Waals surface area contributed by atoms with Crippen molar-refractivity contribution in [2.45, 2.75) is 6.42 Å². The van der Waals surface area contributed by atoms with E-state index in [-0.39, 0.29) is 6.42 Å². The molecule has 0 bridgehead atoms. The van der Waals surface area contributed by atoms with Crippen LogP contribution in [0, 0.1) is 0 Å². The average molecular weight is 220 g/mol. The number of carboxylic acid groups (broad SMARTS) is 1. The number of nitrogens with zero attached hydrogens (tertiary/aromatic N) is 2. The van der Waals surface area contributed by atoms with Crippen molar-refractivity contribution in [2.75, 3.05) is 0 Å². The van der Waals surface area contributed by atoms with E-state index in [0.717, 1.165) is 10.6 Å². The second kappa shape index (κ2) is 4.18. The Morgan fingerprint density at radius 2 is 2.40 bits per heavy atom. The van der Waals surface area contributed by atoms with Crippen LogP contribution in [-0.2, 0) is 11.2 Å². The molecule has 2 aromatic heterocycles. The molecule has 0 aromatic carbocycles. The first-order chi connectivity index (χ1) is 7.25. The zero-order chi connectivity index (χ0) is 10.7. The first kappa shape index (κ1) is 9.79. The van der Waals surface area contributed by atoms with Gasteiger partial charge in [-0.1, -0.05) is 0 Å². The van der Waals surface area contributed by atoms with Crippen molar-refractivity contribution < 1.29 is 9.90 Å². The molecule has 2 rings (SSSR count). The molecule has 2 aromatic rings. The van der Waals surface area contributed by atoms with Gasteiger partial charge in [-0.15, -0.1) is 11.3 Å². The van der Waals surface area contributed by atoms with Crippen molar-refractivity contribution in [2.24, 2.45) is 0 Å². The lowest BCUT2D eigenvalue weighted by atomic mass is 10.3. The summed E-state index contributed by atoms with van der Waals surface area (Å²) in [6.45, 7) is 0. The molecule has 5 heteroatoms. The van der Waals surface area contributed by atoms with Crippen LogP contribution >= 0.6 is 11.3 Å². The molecule has 0 saturated carbocycles. The number of thiazole rings is 1. The molecule has 2 heterocycles. The third kappa shape index (κ3) is 2.38. The fourth-order valence-corrected chi connectivity index (χ4v) is 1.98.